The molecular formula is C16H14ClNO3. The summed E-state index contributed by atoms with van der Waals surface area (Å²) in [5.74, 6) is 1.22. The van der Waals surface area contributed by atoms with Crippen molar-refractivity contribution in [2.45, 2.75) is 12.5 Å². The third-order valence-electron chi connectivity index (χ3n) is 3.33. The van der Waals surface area contributed by atoms with Gasteiger partial charge in [0.15, 0.2) is 6.10 Å². The Labute approximate surface area is 127 Å². The summed E-state index contributed by atoms with van der Waals surface area (Å²) < 4.78 is 10.8. The zero-order valence-electron chi connectivity index (χ0n) is 11.4. The topological polar surface area (TPSA) is 47.6 Å². The van der Waals surface area contributed by atoms with E-state index in [0.29, 0.717) is 28.6 Å². The normalized spacial score (nSPS) is 16.0. The van der Waals surface area contributed by atoms with Gasteiger partial charge in [0, 0.05) is 23.2 Å². The first kappa shape index (κ1) is 13.8. The molecule has 4 nitrogen and oxygen atoms in total. The largest absolute Gasteiger partial charge is 0.497 e. The summed E-state index contributed by atoms with van der Waals surface area (Å²) in [6, 6.07) is 12.6. The van der Waals surface area contributed by atoms with Crippen LogP contribution in [0.1, 0.15) is 5.56 Å². The van der Waals surface area contributed by atoms with E-state index in [-0.39, 0.29) is 5.91 Å². The number of fused-ring (bicyclic) bond motifs is 1. The second-order valence-electron chi connectivity index (χ2n) is 4.78. The fourth-order valence-electron chi connectivity index (χ4n) is 2.29. The highest BCUT2D eigenvalue weighted by atomic mass is 35.5. The third kappa shape index (κ3) is 2.95. The highest BCUT2D eigenvalue weighted by Crippen LogP contribution is 2.31. The second kappa shape index (κ2) is 5.66. The van der Waals surface area contributed by atoms with Crippen molar-refractivity contribution in [2.24, 2.45) is 0 Å². The number of rotatable bonds is 3. The quantitative estimate of drug-likeness (QED) is 0.946. The van der Waals surface area contributed by atoms with Crippen molar-refractivity contribution in [2.75, 3.05) is 12.4 Å². The van der Waals surface area contributed by atoms with Crippen LogP contribution in [0, 0.1) is 0 Å². The monoisotopic (exact) mass is 303 g/mol. The molecule has 0 saturated heterocycles. The minimum atomic E-state index is -0.537. The van der Waals surface area contributed by atoms with Crippen LogP contribution in [-0.2, 0) is 11.2 Å². The van der Waals surface area contributed by atoms with Gasteiger partial charge in [-0.15, -0.1) is 0 Å². The lowest BCUT2D eigenvalue weighted by Crippen LogP contribution is -2.31. The van der Waals surface area contributed by atoms with Crippen molar-refractivity contribution in [1.82, 2.24) is 0 Å². The maximum atomic E-state index is 12.3. The highest BCUT2D eigenvalue weighted by molar-refractivity contribution is 6.30. The van der Waals surface area contributed by atoms with Crippen molar-refractivity contribution in [3.63, 3.8) is 0 Å². The molecule has 3 rings (SSSR count). The van der Waals surface area contributed by atoms with E-state index in [1.165, 1.54) is 0 Å². The van der Waals surface area contributed by atoms with Crippen LogP contribution in [0.3, 0.4) is 0 Å². The lowest BCUT2D eigenvalue weighted by molar-refractivity contribution is -0.122. The third-order valence-corrected chi connectivity index (χ3v) is 3.56. The minimum Gasteiger partial charge on any atom is -0.497 e. The number of methoxy groups -OCH3 is 1. The minimum absolute atomic E-state index is 0.185. The van der Waals surface area contributed by atoms with Crippen LogP contribution < -0.4 is 14.8 Å². The molecule has 108 valence electrons. The molecule has 0 radical (unpaired) electrons. The average Bonchev–Trinajstić information content (AvgIpc) is 2.90. The number of ether oxygens (including phenoxy) is 2. The maximum absolute atomic E-state index is 12.3. The van der Waals surface area contributed by atoms with Gasteiger partial charge in [0.05, 0.1) is 7.11 Å². The predicted octanol–water partition coefficient (Wildman–Crippen LogP) is 3.29. The van der Waals surface area contributed by atoms with Crippen LogP contribution in [0.4, 0.5) is 5.69 Å². The summed E-state index contributed by atoms with van der Waals surface area (Å²) in [6.45, 7) is 0. The molecule has 1 aliphatic rings. The van der Waals surface area contributed by atoms with E-state index in [1.807, 2.05) is 18.2 Å². The van der Waals surface area contributed by atoms with E-state index in [4.69, 9.17) is 21.1 Å². The summed E-state index contributed by atoms with van der Waals surface area (Å²) >= 11 is 5.94. The Hall–Kier alpha value is -2.20. The number of carbonyl (C=O) groups excluding carboxylic acids is 1. The van der Waals surface area contributed by atoms with E-state index in [1.54, 1.807) is 31.4 Å². The first-order chi connectivity index (χ1) is 10.2. The number of nitrogens with one attached hydrogen (secondary N) is 1. The molecule has 0 aromatic heterocycles. The number of anilines is 1. The first-order valence-electron chi connectivity index (χ1n) is 6.56. The molecule has 1 aliphatic heterocycles. The Morgan fingerprint density at radius 3 is 3.00 bits per heavy atom. The van der Waals surface area contributed by atoms with Gasteiger partial charge in [-0.05, 0) is 35.9 Å². The van der Waals surface area contributed by atoms with Gasteiger partial charge in [-0.2, -0.15) is 0 Å². The van der Waals surface area contributed by atoms with Gasteiger partial charge in [0.1, 0.15) is 11.5 Å². The van der Waals surface area contributed by atoms with Crippen molar-refractivity contribution < 1.29 is 14.3 Å². The molecule has 1 atom stereocenters. The van der Waals surface area contributed by atoms with Crippen LogP contribution in [0.25, 0.3) is 0 Å². The maximum Gasteiger partial charge on any atom is 0.265 e. The van der Waals surface area contributed by atoms with Crippen LogP contribution in [0.15, 0.2) is 42.5 Å². The molecule has 0 spiro atoms. The molecule has 1 amide bonds. The SMILES string of the molecule is COc1cccc(NC(=O)C2Cc3cc(Cl)ccc3O2)c1. The zero-order valence-corrected chi connectivity index (χ0v) is 12.2. The molecule has 0 aliphatic carbocycles. The molecule has 0 bridgehead atoms. The van der Waals surface area contributed by atoms with Crippen molar-refractivity contribution >= 4 is 23.2 Å². The van der Waals surface area contributed by atoms with Gasteiger partial charge < -0.3 is 14.8 Å². The fraction of sp³-hybridized carbons (Fsp3) is 0.188. The van der Waals surface area contributed by atoms with E-state index in [2.05, 4.69) is 5.32 Å². The van der Waals surface area contributed by atoms with Crippen LogP contribution in [0.2, 0.25) is 5.02 Å². The number of amides is 1. The van der Waals surface area contributed by atoms with Gasteiger partial charge in [0.25, 0.3) is 5.91 Å². The molecule has 0 fully saturated rings. The Morgan fingerprint density at radius 2 is 2.19 bits per heavy atom. The van der Waals surface area contributed by atoms with E-state index in [9.17, 15) is 4.79 Å². The number of carbonyl (C=O) groups is 1. The van der Waals surface area contributed by atoms with Crippen LogP contribution >= 0.6 is 11.6 Å². The molecular weight excluding hydrogens is 290 g/mol. The Balaban J connectivity index is 1.70. The summed E-state index contributed by atoms with van der Waals surface area (Å²) in [4.78, 5) is 12.3. The first-order valence-corrected chi connectivity index (χ1v) is 6.93. The molecule has 2 aromatic carbocycles. The average molecular weight is 304 g/mol. The lowest BCUT2D eigenvalue weighted by Gasteiger charge is -2.12. The predicted molar refractivity (Wildman–Crippen MR) is 81.2 cm³/mol. The summed E-state index contributed by atoms with van der Waals surface area (Å²) in [5, 5.41) is 3.48. The summed E-state index contributed by atoms with van der Waals surface area (Å²) in [6.07, 6.45) is -0.0178. The molecule has 1 N–H and O–H groups in total. The summed E-state index contributed by atoms with van der Waals surface area (Å²) in [7, 11) is 1.58. The molecule has 2 aromatic rings. The fourth-order valence-corrected chi connectivity index (χ4v) is 2.48. The van der Waals surface area contributed by atoms with Crippen molar-refractivity contribution in [3.05, 3.63) is 53.1 Å². The van der Waals surface area contributed by atoms with Crippen molar-refractivity contribution in [3.8, 4) is 11.5 Å². The number of halogens is 1. The highest BCUT2D eigenvalue weighted by Gasteiger charge is 2.29. The Kier molecular flexibility index (Phi) is 3.71. The van der Waals surface area contributed by atoms with Gasteiger partial charge in [-0.3, -0.25) is 4.79 Å². The molecule has 0 saturated carbocycles. The van der Waals surface area contributed by atoms with Gasteiger partial charge in [-0.1, -0.05) is 17.7 Å². The van der Waals surface area contributed by atoms with Gasteiger partial charge in [0.2, 0.25) is 0 Å². The van der Waals surface area contributed by atoms with Crippen molar-refractivity contribution in [1.29, 1.82) is 0 Å². The Morgan fingerprint density at radius 1 is 1.33 bits per heavy atom. The van der Waals surface area contributed by atoms with Crippen LogP contribution in [0.5, 0.6) is 11.5 Å². The smallest absolute Gasteiger partial charge is 0.265 e. The number of benzene rings is 2. The zero-order chi connectivity index (χ0) is 14.8. The number of hydrogen-bond acceptors (Lipinski definition) is 3. The van der Waals surface area contributed by atoms with E-state index < -0.39 is 6.10 Å². The molecule has 21 heavy (non-hydrogen) atoms. The second-order valence-corrected chi connectivity index (χ2v) is 5.22. The van der Waals surface area contributed by atoms with Crippen LogP contribution in [-0.4, -0.2) is 19.1 Å². The molecule has 1 unspecified atom stereocenters. The van der Waals surface area contributed by atoms with E-state index >= 15 is 0 Å². The number of hydrogen-bond donors (Lipinski definition) is 1. The Bertz CT molecular complexity index is 687. The lowest BCUT2D eigenvalue weighted by atomic mass is 10.1. The molecule has 1 heterocycles. The molecule has 5 heteroatoms. The summed E-state index contributed by atoms with van der Waals surface area (Å²) in [5.41, 5.74) is 1.63. The van der Waals surface area contributed by atoms with Gasteiger partial charge >= 0.3 is 0 Å². The van der Waals surface area contributed by atoms with E-state index in [0.717, 1.165) is 5.56 Å². The van der Waals surface area contributed by atoms with Gasteiger partial charge in [-0.25, -0.2) is 0 Å². The standard InChI is InChI=1S/C16H14ClNO3/c1-20-13-4-2-3-12(9-13)18-16(19)15-8-10-7-11(17)5-6-14(10)21-15/h2-7,9,15H,8H2,1H3,(H,18,19).